The topological polar surface area (TPSA) is 449 Å². The minimum Gasteiger partial charge on any atom is -1.00 e. The summed E-state index contributed by atoms with van der Waals surface area (Å²) in [4.78, 5) is 84.3. The minimum absolute atomic E-state index is 0. The maximum absolute atomic E-state index is 14.8. The number of nitro benzene ring substituents is 4. The summed E-state index contributed by atoms with van der Waals surface area (Å²) in [6.07, 6.45) is 7.32. The summed E-state index contributed by atoms with van der Waals surface area (Å²) in [7, 11) is 1.48. The van der Waals surface area contributed by atoms with Crippen molar-refractivity contribution in [2.24, 2.45) is 0 Å². The number of nitrogen functional groups attached to an aromatic ring is 1. The number of amides is 1. The Balaban J connectivity index is 0. The van der Waals surface area contributed by atoms with Crippen LogP contribution in [0, 0.1) is 162 Å². The van der Waals surface area contributed by atoms with Crippen LogP contribution in [-0.4, -0.2) is 83.1 Å². The summed E-state index contributed by atoms with van der Waals surface area (Å²) in [5, 5.41) is 100. The number of nitrogens with two attached hydrogens (primary N) is 1. The molecule has 1 heterocycles. The summed E-state index contributed by atoms with van der Waals surface area (Å²) >= 11 is 8.42. The van der Waals surface area contributed by atoms with Gasteiger partial charge in [0, 0.05) is 115 Å². The van der Waals surface area contributed by atoms with E-state index in [1.165, 1.54) is 59.5 Å². The molecule has 2 N–H and O–H groups in total. The Morgan fingerprint density at radius 3 is 1.30 bits per heavy atom. The molecule has 2 aliphatic carbocycles. The largest absolute Gasteiger partial charge is 1.00 e. The molecular weight excluding hydrogens is 1990 g/mol. The van der Waals surface area contributed by atoms with E-state index >= 15 is 0 Å². The zero-order chi connectivity index (χ0) is 103. The smallest absolute Gasteiger partial charge is 1.00 e. The van der Waals surface area contributed by atoms with Crippen molar-refractivity contribution in [2.45, 2.75) is 197 Å². The Bertz CT molecular complexity index is 5970. The standard InChI is InChI=1S/C24H18F4N4OS.C16H17FN2.C12H13FN2O2.C11H10FNO6.C10H9FN2O2.C10H11FN2.C6H3BrFNO2.C4H9NSi.CH3O.Fe.2Na.H/c1-30-20-9-8-16(13-18(20)24(26,27)28)31-21(33)23(10-4-11-23)32(22(31)34)17-7-6-15(19(25)14-17)5-2-3-12-29;1-19-16(8-4-9-16)12-13-6-7-14(15(17)11-13)5-2-3-10-18;1-12(2,6-3-7-14)10-5-4-9(15(16)17)8-11(10)13;1-18-10(14)9(11(15)19-2)7-4-3-6(13(16)17)5-8(7)12;11-10-7-9(13(14)15)5-4-8(10)3-1-2-6-12;11-10-7-9(13)5-4-8(10)3-1-2-6-12;7-5-2-1-4(9(10)11)3-6(5)8;1-6(2,3)4-5;1-2;;;;/h6-9,13-14H,2-5,10-11H2;6-7,11H,2-5,8-9,12H2;4-5,8H,3,6H2,1-2H3;3-5,9H,1-2H3;4-5,7H,1-3H2;4-5,7H,1-3,13H2;1-3H;1-3H3;1H3;;;;/q;;;;;;;;-1;;2*+1;-1. The Hall–Kier alpha value is -12.1. The normalized spacial score (nSPS) is 12.3. The van der Waals surface area contributed by atoms with Gasteiger partial charge in [0.2, 0.25) is 5.54 Å². The number of aryl methyl sites for hydroxylation is 4. The summed E-state index contributed by atoms with van der Waals surface area (Å²) in [6, 6.07) is 40.7. The van der Waals surface area contributed by atoms with Crippen molar-refractivity contribution in [3.63, 3.8) is 0 Å². The van der Waals surface area contributed by atoms with E-state index < -0.39 is 115 Å². The molecule has 2 saturated carbocycles. The predicted octanol–water partition coefficient (Wildman–Crippen LogP) is 16.7. The average molecular weight is 2090 g/mol. The van der Waals surface area contributed by atoms with E-state index in [1.54, 1.807) is 36.4 Å². The molecule has 1 aliphatic heterocycles. The number of esters is 2. The number of nitrogens with zero attached hydrogens (tertiary/aromatic N) is 14. The summed E-state index contributed by atoms with van der Waals surface area (Å²) in [6.45, 7) is 24.0. The van der Waals surface area contributed by atoms with Gasteiger partial charge in [-0.3, -0.25) is 59.7 Å². The van der Waals surface area contributed by atoms with Crippen LogP contribution in [0.5, 0.6) is 0 Å². The van der Waals surface area contributed by atoms with E-state index in [0.717, 1.165) is 99.9 Å². The fourth-order valence-electron chi connectivity index (χ4n) is 13.0. The first kappa shape index (κ1) is 127. The van der Waals surface area contributed by atoms with Gasteiger partial charge in [-0.25, -0.2) is 47.4 Å². The van der Waals surface area contributed by atoms with Crippen LogP contribution in [0.25, 0.3) is 9.69 Å². The van der Waals surface area contributed by atoms with Gasteiger partial charge in [0.1, 0.15) is 46.3 Å². The second kappa shape index (κ2) is 62.0. The van der Waals surface area contributed by atoms with Crippen LogP contribution in [0.1, 0.15) is 168 Å². The Labute approximate surface area is 867 Å². The van der Waals surface area contributed by atoms with Crippen LogP contribution in [-0.2, 0) is 84.6 Å². The number of nitro groups is 4. The zero-order valence-corrected chi connectivity index (χ0v) is 85.8. The van der Waals surface area contributed by atoms with E-state index in [9.17, 15) is 98.7 Å². The summed E-state index contributed by atoms with van der Waals surface area (Å²) in [5.74, 6) is -7.95. The molecule has 3 aliphatic rings. The molecule has 1 saturated heterocycles. The average Bonchev–Trinajstić information content (AvgIpc) is 1.55. The van der Waals surface area contributed by atoms with Crippen molar-refractivity contribution < 1.29 is 170 Å². The third kappa shape index (κ3) is 39.2. The molecule has 0 aromatic heterocycles. The molecule has 11 rings (SSSR count). The summed E-state index contributed by atoms with van der Waals surface area (Å²) in [5.41, 5.74) is 6.61. The SMILES string of the molecule is CC(C)(CCC#N)c1ccc([N+](=O)[O-])cc1F.COC(=O)C(C(=O)OC)c1ccc([N+](=O)[O-])cc1F.C[O-].C[Si](C)(C)C#N.N#CCCCc1ccc(N)cc1F.N#CCCCc1ccc([N+](=O)[O-])cc1F.O=[N+]([O-])c1ccc(Br)c(F)c1.[C-]#[N+]C1(Cc2ccc(CCCC#N)c(F)c2)CCC1.[C-]#[N+]c1ccc(N2C(=O)C3(CCC3)N(c3ccc(CCCC#N)c(F)c3)C2=S)cc1C(F)(F)F.[Fe].[H-].[Na+].[Na+]. The number of hydrogen-bond acceptors (Lipinski definition) is 22. The number of carbonyl (C=O) groups is 3. The number of rotatable bonds is 26. The fourth-order valence-corrected chi connectivity index (χ4v) is 13.8. The molecule has 1 amide bonds. The monoisotopic (exact) mass is 2090 g/mol. The maximum atomic E-state index is 14.8. The molecule has 0 radical (unpaired) electrons. The van der Waals surface area contributed by atoms with Gasteiger partial charge in [-0.15, -0.1) is 0 Å². The minimum atomic E-state index is -4.78. The van der Waals surface area contributed by atoms with Crippen molar-refractivity contribution in [3.8, 4) is 36.0 Å². The quantitative estimate of drug-likeness (QED) is 0.00502. The van der Waals surface area contributed by atoms with Gasteiger partial charge in [-0.05, 0) is 217 Å². The first-order valence-corrected chi connectivity index (χ1v) is 45.9. The number of unbranched alkanes of at least 4 members (excludes halogenated alkanes) is 4. The van der Waals surface area contributed by atoms with E-state index in [2.05, 4.69) is 46.9 Å². The molecule has 0 unspecified atom stereocenters. The summed E-state index contributed by atoms with van der Waals surface area (Å²) < 4.78 is 145. The zero-order valence-electron chi connectivity index (χ0n) is 78.3. The Morgan fingerprint density at radius 2 is 0.942 bits per heavy atom. The number of thiocarbonyl (C=S) groups is 1. The number of methoxy groups -OCH3 is 2. The van der Waals surface area contributed by atoms with Gasteiger partial charge in [0.25, 0.3) is 28.7 Å². The van der Waals surface area contributed by atoms with Crippen LogP contribution >= 0.6 is 28.1 Å². The van der Waals surface area contributed by atoms with Crippen LogP contribution in [0.2, 0.25) is 19.6 Å². The van der Waals surface area contributed by atoms with Gasteiger partial charge in [-0.1, -0.05) is 63.8 Å². The van der Waals surface area contributed by atoms with Gasteiger partial charge in [0.15, 0.2) is 24.8 Å². The number of halogens is 11. The Morgan fingerprint density at radius 1 is 0.554 bits per heavy atom. The molecule has 8 aromatic rings. The van der Waals surface area contributed by atoms with E-state index in [4.69, 9.17) is 67.8 Å². The van der Waals surface area contributed by atoms with Gasteiger partial charge < -0.3 is 31.5 Å². The molecule has 8 aromatic carbocycles. The molecule has 29 nitrogen and oxygen atoms in total. The van der Waals surface area contributed by atoms with Gasteiger partial charge >= 0.3 is 77.2 Å². The van der Waals surface area contributed by atoms with Gasteiger partial charge in [-0.2, -0.15) is 46.6 Å². The van der Waals surface area contributed by atoms with Crippen LogP contribution in [0.15, 0.2) is 150 Å². The fraction of sp³-hybridized carbons (Fsp3) is 0.362. The van der Waals surface area contributed by atoms with Gasteiger partial charge in [0.05, 0.1) is 112 Å². The Kier molecular flexibility index (Phi) is 56.6. The molecule has 726 valence electrons. The molecular formula is C94H94BrF10FeN15Na2O14SSi. The molecule has 1 spiro atoms. The second-order valence-electron chi connectivity index (χ2n) is 31.6. The predicted molar refractivity (Wildman–Crippen MR) is 492 cm³/mol. The number of ether oxygens (including phenoxy) is 2. The van der Waals surface area contributed by atoms with Crippen LogP contribution in [0.3, 0.4) is 0 Å². The molecule has 45 heteroatoms. The first-order chi connectivity index (χ1) is 64.2. The second-order valence-corrected chi connectivity index (χ2v) is 37.5. The molecule has 3 fully saturated rings. The van der Waals surface area contributed by atoms with E-state index in [0.29, 0.717) is 154 Å². The number of alkyl halides is 3. The van der Waals surface area contributed by atoms with Crippen LogP contribution in [0.4, 0.5) is 89.4 Å². The number of hydrogen-bond donors (Lipinski definition) is 1. The van der Waals surface area contributed by atoms with Crippen molar-refractivity contribution in [1.82, 2.24) is 0 Å². The molecule has 0 atom stereocenters. The maximum Gasteiger partial charge on any atom is 1.00 e. The first-order valence-electron chi connectivity index (χ1n) is 41.2. The number of non-ortho nitro benzene ring substituents is 4. The molecule has 139 heavy (non-hydrogen) atoms. The number of carbonyl (C=O) groups excluding carboxylic acids is 3. The van der Waals surface area contributed by atoms with Crippen LogP contribution < -0.4 is 79.8 Å². The van der Waals surface area contributed by atoms with Crippen molar-refractivity contribution >= 4 is 105 Å². The third-order valence-corrected chi connectivity index (χ3v) is 22.2. The number of benzene rings is 8. The van der Waals surface area contributed by atoms with Crippen molar-refractivity contribution in [2.75, 3.05) is 36.9 Å². The number of nitriles is 6. The third-order valence-electron chi connectivity index (χ3n) is 20.6. The number of anilines is 3. The van der Waals surface area contributed by atoms with Crippen molar-refractivity contribution in [1.29, 1.82) is 31.6 Å². The van der Waals surface area contributed by atoms with Crippen molar-refractivity contribution in [3.05, 3.63) is 299 Å². The molecule has 0 bridgehead atoms. The van der Waals surface area contributed by atoms with E-state index in [-0.39, 0.29) is 133 Å². The van der Waals surface area contributed by atoms with E-state index in [1.807, 2.05) is 63.8 Å².